The monoisotopic (exact) mass is 296 g/mol. The molecular formula is C14H16O5S. The number of sulfone groups is 1. The Balaban J connectivity index is 2.75. The summed E-state index contributed by atoms with van der Waals surface area (Å²) in [5.74, 6) is 4.51. The number of benzene rings is 1. The third-order valence-electron chi connectivity index (χ3n) is 2.28. The van der Waals surface area contributed by atoms with Crippen molar-refractivity contribution in [2.45, 2.75) is 18.7 Å². The highest BCUT2D eigenvalue weighted by Crippen LogP contribution is 2.17. The molecule has 0 bridgehead atoms. The van der Waals surface area contributed by atoms with Crippen molar-refractivity contribution in [3.63, 3.8) is 0 Å². The molecule has 0 aliphatic carbocycles. The molecule has 0 fully saturated rings. The third kappa shape index (κ3) is 4.94. The van der Waals surface area contributed by atoms with Gasteiger partial charge in [-0.15, -0.1) is 5.92 Å². The number of carbonyl (C=O) groups is 1. The molecule has 108 valence electrons. The van der Waals surface area contributed by atoms with Gasteiger partial charge in [0.05, 0.1) is 11.5 Å². The Morgan fingerprint density at radius 2 is 1.90 bits per heavy atom. The molecule has 0 saturated heterocycles. The average molecular weight is 296 g/mol. The van der Waals surface area contributed by atoms with E-state index in [9.17, 15) is 13.2 Å². The summed E-state index contributed by atoms with van der Waals surface area (Å²) < 4.78 is 33.8. The molecule has 0 saturated carbocycles. The Morgan fingerprint density at radius 1 is 1.25 bits per heavy atom. The van der Waals surface area contributed by atoms with Gasteiger partial charge in [0.2, 0.25) is 0 Å². The molecule has 0 heterocycles. The van der Waals surface area contributed by atoms with Gasteiger partial charge in [-0.1, -0.05) is 5.92 Å². The normalized spacial score (nSPS) is 10.3. The fourth-order valence-corrected chi connectivity index (χ4v) is 2.49. The van der Waals surface area contributed by atoms with E-state index in [1.807, 2.05) is 0 Å². The van der Waals surface area contributed by atoms with E-state index in [0.29, 0.717) is 5.75 Å². The number of ether oxygens (including phenoxy) is 2. The summed E-state index contributed by atoms with van der Waals surface area (Å²) in [4.78, 5) is 11.3. The first-order valence-electron chi connectivity index (χ1n) is 6.00. The SMILES string of the molecule is CC#CCOc1ccc(S(=O)(=O)CC(=O)OCC)cc1. The Kier molecular flexibility index (Phi) is 6.07. The van der Waals surface area contributed by atoms with Gasteiger partial charge < -0.3 is 9.47 Å². The van der Waals surface area contributed by atoms with E-state index in [4.69, 9.17) is 4.74 Å². The second kappa shape index (κ2) is 7.56. The van der Waals surface area contributed by atoms with Crippen LogP contribution in [0.25, 0.3) is 0 Å². The molecule has 0 amide bonds. The lowest BCUT2D eigenvalue weighted by molar-refractivity contribution is -0.139. The van der Waals surface area contributed by atoms with Crippen LogP contribution in [-0.2, 0) is 19.4 Å². The molecule has 1 aromatic carbocycles. The van der Waals surface area contributed by atoms with Gasteiger partial charge in [-0.25, -0.2) is 8.42 Å². The maximum Gasteiger partial charge on any atom is 0.321 e. The zero-order valence-corrected chi connectivity index (χ0v) is 12.2. The molecule has 6 heteroatoms. The first-order chi connectivity index (χ1) is 9.49. The first kappa shape index (κ1) is 16.1. The van der Waals surface area contributed by atoms with E-state index in [0.717, 1.165) is 0 Å². The summed E-state index contributed by atoms with van der Waals surface area (Å²) in [7, 11) is -3.68. The fraction of sp³-hybridized carbons (Fsp3) is 0.357. The number of hydrogen-bond donors (Lipinski definition) is 0. The lowest BCUT2D eigenvalue weighted by atomic mass is 10.3. The Labute approximate surface area is 118 Å². The Hall–Kier alpha value is -2.00. The van der Waals surface area contributed by atoms with Crippen molar-refractivity contribution >= 4 is 15.8 Å². The van der Waals surface area contributed by atoms with Crippen LogP contribution in [0.4, 0.5) is 0 Å². The second-order valence-electron chi connectivity index (χ2n) is 3.75. The molecule has 0 aliphatic rings. The van der Waals surface area contributed by atoms with E-state index in [2.05, 4.69) is 16.6 Å². The van der Waals surface area contributed by atoms with Crippen LogP contribution >= 0.6 is 0 Å². The molecule has 1 rings (SSSR count). The van der Waals surface area contributed by atoms with Crippen LogP contribution in [0.1, 0.15) is 13.8 Å². The predicted molar refractivity (Wildman–Crippen MR) is 74.1 cm³/mol. The van der Waals surface area contributed by atoms with E-state index < -0.39 is 21.6 Å². The minimum absolute atomic E-state index is 0.0551. The van der Waals surface area contributed by atoms with Crippen molar-refractivity contribution < 1.29 is 22.7 Å². The zero-order valence-electron chi connectivity index (χ0n) is 11.4. The summed E-state index contributed by atoms with van der Waals surface area (Å²) in [5, 5.41) is 0. The topological polar surface area (TPSA) is 69.7 Å². The number of rotatable bonds is 6. The van der Waals surface area contributed by atoms with Gasteiger partial charge in [0.25, 0.3) is 0 Å². The highest BCUT2D eigenvalue weighted by atomic mass is 32.2. The lowest BCUT2D eigenvalue weighted by Gasteiger charge is -2.06. The standard InChI is InChI=1S/C14H16O5S/c1-3-5-10-19-12-6-8-13(9-7-12)20(16,17)11-14(15)18-4-2/h6-9H,4,10-11H2,1-2H3. The van der Waals surface area contributed by atoms with Crippen LogP contribution in [0.3, 0.4) is 0 Å². The van der Waals surface area contributed by atoms with Gasteiger partial charge in [-0.2, -0.15) is 0 Å². The molecular weight excluding hydrogens is 280 g/mol. The number of esters is 1. The maximum atomic E-state index is 11.9. The van der Waals surface area contributed by atoms with Gasteiger partial charge in [-0.3, -0.25) is 4.79 Å². The molecule has 0 aromatic heterocycles. The summed E-state index contributed by atoms with van der Waals surface area (Å²) >= 11 is 0. The largest absolute Gasteiger partial charge is 0.481 e. The summed E-state index contributed by atoms with van der Waals surface area (Å²) in [6, 6.07) is 5.83. The van der Waals surface area contributed by atoms with Crippen molar-refractivity contribution in [1.82, 2.24) is 0 Å². The molecule has 1 aromatic rings. The first-order valence-corrected chi connectivity index (χ1v) is 7.65. The van der Waals surface area contributed by atoms with Crippen LogP contribution in [0.5, 0.6) is 5.75 Å². The van der Waals surface area contributed by atoms with Gasteiger partial charge >= 0.3 is 5.97 Å². The quantitative estimate of drug-likeness (QED) is 0.586. The zero-order chi connectivity index (χ0) is 15.0. The van der Waals surface area contributed by atoms with Crippen LogP contribution in [0.2, 0.25) is 0 Å². The van der Waals surface area contributed by atoms with Gasteiger partial charge in [0.1, 0.15) is 12.4 Å². The maximum absolute atomic E-state index is 11.9. The number of hydrogen-bond acceptors (Lipinski definition) is 5. The molecule has 0 unspecified atom stereocenters. The van der Waals surface area contributed by atoms with E-state index in [-0.39, 0.29) is 18.1 Å². The van der Waals surface area contributed by atoms with Crippen LogP contribution < -0.4 is 4.74 Å². The second-order valence-corrected chi connectivity index (χ2v) is 5.74. The van der Waals surface area contributed by atoms with Crippen molar-refractivity contribution in [3.8, 4) is 17.6 Å². The molecule has 5 nitrogen and oxygen atoms in total. The molecule has 0 atom stereocenters. The average Bonchev–Trinajstić information content (AvgIpc) is 2.39. The van der Waals surface area contributed by atoms with Crippen molar-refractivity contribution in [2.24, 2.45) is 0 Å². The lowest BCUT2D eigenvalue weighted by Crippen LogP contribution is -2.18. The van der Waals surface area contributed by atoms with Crippen molar-refractivity contribution in [3.05, 3.63) is 24.3 Å². The highest BCUT2D eigenvalue weighted by molar-refractivity contribution is 7.92. The molecule has 0 aliphatic heterocycles. The third-order valence-corrected chi connectivity index (χ3v) is 3.89. The van der Waals surface area contributed by atoms with E-state index in [1.165, 1.54) is 24.3 Å². The van der Waals surface area contributed by atoms with E-state index >= 15 is 0 Å². The van der Waals surface area contributed by atoms with Gasteiger partial charge in [0.15, 0.2) is 15.6 Å². The summed E-state index contributed by atoms with van der Waals surface area (Å²) in [6.45, 7) is 3.72. The molecule has 0 spiro atoms. The van der Waals surface area contributed by atoms with Crippen LogP contribution in [0, 0.1) is 11.8 Å². The minimum Gasteiger partial charge on any atom is -0.481 e. The van der Waals surface area contributed by atoms with Gasteiger partial charge in [-0.05, 0) is 38.1 Å². The Bertz CT molecular complexity index is 605. The molecule has 0 N–H and O–H groups in total. The van der Waals surface area contributed by atoms with Crippen LogP contribution in [0.15, 0.2) is 29.2 Å². The summed E-state index contributed by atoms with van der Waals surface area (Å²) in [6.07, 6.45) is 0. The van der Waals surface area contributed by atoms with Crippen molar-refractivity contribution in [2.75, 3.05) is 19.0 Å². The fourth-order valence-electron chi connectivity index (χ4n) is 1.38. The van der Waals surface area contributed by atoms with Crippen LogP contribution in [-0.4, -0.2) is 33.4 Å². The van der Waals surface area contributed by atoms with Crippen molar-refractivity contribution in [1.29, 1.82) is 0 Å². The van der Waals surface area contributed by atoms with Gasteiger partial charge in [0, 0.05) is 0 Å². The number of carbonyl (C=O) groups excluding carboxylic acids is 1. The molecule has 0 radical (unpaired) electrons. The summed E-state index contributed by atoms with van der Waals surface area (Å²) in [5.41, 5.74) is 0. The Morgan fingerprint density at radius 3 is 2.45 bits per heavy atom. The predicted octanol–water partition coefficient (Wildman–Crippen LogP) is 1.43. The smallest absolute Gasteiger partial charge is 0.321 e. The highest BCUT2D eigenvalue weighted by Gasteiger charge is 2.20. The molecule has 20 heavy (non-hydrogen) atoms. The minimum atomic E-state index is -3.68. The van der Waals surface area contributed by atoms with E-state index in [1.54, 1.807) is 13.8 Å².